The van der Waals surface area contributed by atoms with Crippen molar-refractivity contribution in [2.45, 2.75) is 123 Å². The van der Waals surface area contributed by atoms with Crippen LogP contribution in [0, 0.1) is 40.4 Å². The lowest BCUT2D eigenvalue weighted by Gasteiger charge is -2.61. The molecule has 8 heteroatoms. The van der Waals surface area contributed by atoms with Gasteiger partial charge in [-0.1, -0.05) is 82.0 Å². The second-order valence-electron chi connectivity index (χ2n) is 14.9. The maximum atomic E-state index is 14.0. The quantitative estimate of drug-likeness (QED) is 0.188. The molecule has 2 heterocycles. The van der Waals surface area contributed by atoms with E-state index in [1.165, 1.54) is 36.7 Å². The Morgan fingerprint density at radius 3 is 2.37 bits per heavy atom. The minimum absolute atomic E-state index is 0.0164. The molecule has 3 fully saturated rings. The van der Waals surface area contributed by atoms with Gasteiger partial charge in [0.1, 0.15) is 11.4 Å². The topological polar surface area (TPSA) is 75.2 Å². The summed E-state index contributed by atoms with van der Waals surface area (Å²) in [7, 11) is 1.63. The van der Waals surface area contributed by atoms with Crippen LogP contribution in [0.15, 0.2) is 21.7 Å². The molecule has 0 amide bonds. The van der Waals surface area contributed by atoms with Crippen molar-refractivity contribution in [2.24, 2.45) is 47.5 Å². The maximum Gasteiger partial charge on any atom is 0.347 e. The summed E-state index contributed by atoms with van der Waals surface area (Å²) >= 11 is 3.23. The van der Waals surface area contributed by atoms with Crippen molar-refractivity contribution in [3.63, 3.8) is 0 Å². The van der Waals surface area contributed by atoms with E-state index in [1.54, 1.807) is 11.7 Å². The Morgan fingerprint density at radius 2 is 1.71 bits per heavy atom. The number of ether oxygens (including phenoxy) is 1. The predicted octanol–water partition coefficient (Wildman–Crippen LogP) is 6.41. The molecule has 0 radical (unpaired) electrons. The first kappa shape index (κ1) is 30.9. The van der Waals surface area contributed by atoms with Crippen LogP contribution in [-0.4, -0.2) is 31.3 Å². The van der Waals surface area contributed by atoms with E-state index in [0.717, 1.165) is 44.4 Å². The molecule has 1 aromatic rings. The normalized spacial score (nSPS) is 37.3. The van der Waals surface area contributed by atoms with Gasteiger partial charge in [-0.3, -0.25) is 4.79 Å². The summed E-state index contributed by atoms with van der Waals surface area (Å²) in [6, 6.07) is 0. The van der Waals surface area contributed by atoms with Crippen LogP contribution in [0.25, 0.3) is 0 Å². The third-order valence-corrected chi connectivity index (χ3v) is 12.7. The molecule has 7 nitrogen and oxygen atoms in total. The van der Waals surface area contributed by atoms with Crippen molar-refractivity contribution in [3.05, 3.63) is 33.1 Å². The lowest BCUT2D eigenvalue weighted by Crippen LogP contribution is -2.64. The van der Waals surface area contributed by atoms with Crippen LogP contribution in [0.3, 0.4) is 0 Å². The molecule has 3 aliphatic carbocycles. The molecule has 0 N–H and O–H groups in total. The Morgan fingerprint density at radius 1 is 1.00 bits per heavy atom. The second-order valence-corrected chi connectivity index (χ2v) is 15.5. The third kappa shape index (κ3) is 5.06. The van der Waals surface area contributed by atoms with Crippen LogP contribution in [-0.2, 0) is 28.7 Å². The fraction of sp³-hybridized carbons (Fsp3) is 0.848. The van der Waals surface area contributed by atoms with Crippen LogP contribution in [0.5, 0.6) is 0 Å². The SMILES string of the molecule is CC(C)CCC[C@@H](C)C1CC[C@H]2[C@@]3(C=CCn4c(=O)n(C)c(=O)n43)[C@@H](C3(C)CCC(OC(=O)CBr)CC3)CC[C@]12C. The Hall–Kier alpha value is -1.57. The van der Waals surface area contributed by atoms with E-state index in [2.05, 4.69) is 62.7 Å². The smallest absolute Gasteiger partial charge is 0.347 e. The van der Waals surface area contributed by atoms with Gasteiger partial charge in [-0.05, 0) is 91.8 Å². The molecule has 1 spiro atoms. The first-order valence-electron chi connectivity index (χ1n) is 16.2. The average molecular weight is 635 g/mol. The van der Waals surface area contributed by atoms with E-state index in [9.17, 15) is 14.4 Å². The highest BCUT2D eigenvalue weighted by Gasteiger charge is 2.66. The molecule has 1 unspecified atom stereocenters. The summed E-state index contributed by atoms with van der Waals surface area (Å²) in [4.78, 5) is 39.3. The lowest BCUT2D eigenvalue weighted by atomic mass is 9.47. The van der Waals surface area contributed by atoms with Gasteiger partial charge in [-0.15, -0.1) is 0 Å². The molecule has 0 saturated heterocycles. The number of halogens is 1. The summed E-state index contributed by atoms with van der Waals surface area (Å²) in [5.74, 6) is 2.35. The molecule has 1 aliphatic heterocycles. The second kappa shape index (κ2) is 11.5. The van der Waals surface area contributed by atoms with Crippen LogP contribution in [0.4, 0.5) is 0 Å². The van der Waals surface area contributed by atoms with E-state index < -0.39 is 5.54 Å². The van der Waals surface area contributed by atoms with Crippen molar-refractivity contribution < 1.29 is 9.53 Å². The van der Waals surface area contributed by atoms with E-state index in [0.29, 0.717) is 24.3 Å². The summed E-state index contributed by atoms with van der Waals surface area (Å²) in [5, 5.41) is 0.225. The molecule has 0 aromatic carbocycles. The Balaban J connectivity index is 1.54. The third-order valence-electron chi connectivity index (χ3n) is 12.2. The number of alkyl halides is 1. The molecule has 5 rings (SSSR count). The van der Waals surface area contributed by atoms with Gasteiger partial charge in [0.15, 0.2) is 0 Å². The van der Waals surface area contributed by atoms with Crippen LogP contribution >= 0.6 is 15.9 Å². The number of carbonyl (C=O) groups excluding carboxylic acids is 1. The number of aromatic nitrogens is 3. The van der Waals surface area contributed by atoms with Crippen LogP contribution < -0.4 is 11.4 Å². The highest BCUT2D eigenvalue weighted by Crippen LogP contribution is 2.68. The number of allylic oxidation sites excluding steroid dienone is 2. The van der Waals surface area contributed by atoms with Gasteiger partial charge in [0.05, 0.1) is 12.1 Å². The molecule has 6 atom stereocenters. The monoisotopic (exact) mass is 633 g/mol. The van der Waals surface area contributed by atoms with Gasteiger partial charge < -0.3 is 4.74 Å². The number of hydrogen-bond donors (Lipinski definition) is 0. The highest BCUT2D eigenvalue weighted by atomic mass is 79.9. The molecule has 4 aliphatic rings. The number of esters is 1. The summed E-state index contributed by atoms with van der Waals surface area (Å²) < 4.78 is 10.7. The summed E-state index contributed by atoms with van der Waals surface area (Å²) in [6.07, 6.45) is 16.4. The zero-order chi connectivity index (χ0) is 29.7. The number of carbonyl (C=O) groups is 1. The first-order valence-corrected chi connectivity index (χ1v) is 17.3. The molecule has 41 heavy (non-hydrogen) atoms. The van der Waals surface area contributed by atoms with E-state index >= 15 is 0 Å². The van der Waals surface area contributed by atoms with Gasteiger partial charge >= 0.3 is 17.3 Å². The number of fused-ring (bicyclic) bond motifs is 4. The van der Waals surface area contributed by atoms with E-state index in [-0.39, 0.29) is 45.5 Å². The predicted molar refractivity (Wildman–Crippen MR) is 166 cm³/mol. The standard InChI is InChI=1S/C33H52BrN3O4/c1-22(2)9-7-10-23(3)25-11-12-27-32(25,5)19-15-26(31(4)17-13-24(14-18-31)41-28(38)21-34)33(27)16-8-20-36-29(39)35(6)30(40)37(33)36/h8,16,22-27H,7,9-15,17-21H2,1-6H3/t23-,24?,25?,26-,27-,31?,32-,33-/m1/s1. The average Bonchev–Trinajstić information content (AvgIpc) is 3.41. The fourth-order valence-electron chi connectivity index (χ4n) is 10.2. The zero-order valence-corrected chi connectivity index (χ0v) is 27.7. The van der Waals surface area contributed by atoms with Gasteiger partial charge in [0.2, 0.25) is 0 Å². The molecular weight excluding hydrogens is 582 g/mol. The van der Waals surface area contributed by atoms with Crippen molar-refractivity contribution in [1.29, 1.82) is 0 Å². The van der Waals surface area contributed by atoms with Crippen molar-refractivity contribution in [1.82, 2.24) is 13.9 Å². The van der Waals surface area contributed by atoms with E-state index in [4.69, 9.17) is 4.74 Å². The fourth-order valence-corrected chi connectivity index (χ4v) is 10.3. The highest BCUT2D eigenvalue weighted by molar-refractivity contribution is 9.09. The summed E-state index contributed by atoms with van der Waals surface area (Å²) in [5.41, 5.74) is -0.812. The first-order chi connectivity index (χ1) is 19.4. The van der Waals surface area contributed by atoms with Crippen molar-refractivity contribution in [3.8, 4) is 0 Å². The Labute approximate surface area is 254 Å². The molecule has 1 aromatic heterocycles. The number of hydrogen-bond acceptors (Lipinski definition) is 4. The van der Waals surface area contributed by atoms with Crippen molar-refractivity contribution >= 4 is 21.9 Å². The maximum absolute atomic E-state index is 14.0. The number of rotatable bonds is 8. The van der Waals surface area contributed by atoms with Crippen LogP contribution in [0.1, 0.15) is 105 Å². The number of nitrogens with zero attached hydrogens (tertiary/aromatic N) is 3. The van der Waals surface area contributed by atoms with Gasteiger partial charge in [-0.2, -0.15) is 0 Å². The van der Waals surface area contributed by atoms with Gasteiger partial charge in [0.25, 0.3) is 0 Å². The molecule has 230 valence electrons. The molecule has 3 saturated carbocycles. The van der Waals surface area contributed by atoms with Crippen LogP contribution in [0.2, 0.25) is 0 Å². The Kier molecular flexibility index (Phi) is 8.66. The van der Waals surface area contributed by atoms with Gasteiger partial charge in [0, 0.05) is 7.05 Å². The van der Waals surface area contributed by atoms with E-state index in [1.807, 2.05) is 4.68 Å². The van der Waals surface area contributed by atoms with Crippen molar-refractivity contribution in [2.75, 3.05) is 5.33 Å². The largest absolute Gasteiger partial charge is 0.462 e. The molecular formula is C33H52BrN3O4. The minimum Gasteiger partial charge on any atom is -0.462 e. The summed E-state index contributed by atoms with van der Waals surface area (Å²) in [6.45, 7) is 12.5. The zero-order valence-electron chi connectivity index (χ0n) is 26.2. The minimum atomic E-state index is -0.525. The van der Waals surface area contributed by atoms with Gasteiger partial charge in [-0.25, -0.2) is 23.5 Å². The Bertz CT molecular complexity index is 1270. The lowest BCUT2D eigenvalue weighted by molar-refractivity contribution is -0.152. The molecule has 0 bridgehead atoms.